The first-order valence-corrected chi connectivity index (χ1v) is 46.9. The maximum absolute atomic E-state index is 11.5. The lowest BCUT2D eigenvalue weighted by atomic mass is 9.79. The summed E-state index contributed by atoms with van der Waals surface area (Å²) in [4.78, 5) is 0. The summed E-state index contributed by atoms with van der Waals surface area (Å²) in [7, 11) is 0. The van der Waals surface area contributed by atoms with Gasteiger partial charge in [-0.1, -0.05) is 0 Å². The number of hydrogen-bond donors (Lipinski definition) is 37. The number of ether oxygens (including phenoxy) is 22. The van der Waals surface area contributed by atoms with Gasteiger partial charge in [0.15, 0.2) is 56.6 Å². The summed E-state index contributed by atoms with van der Waals surface area (Å²) in [5.74, 6) is -3.68. The fraction of sp³-hybridized carbons (Fsp3) is 1.00. The third-order valence-electron chi connectivity index (χ3n) is 29.4. The van der Waals surface area contributed by atoms with Gasteiger partial charge < -0.3 is 293 Å². The number of aliphatic hydroxyl groups is 37. The smallest absolute Gasteiger partial charge is 0.187 e. The molecule has 59 nitrogen and oxygen atoms in total. The minimum absolute atomic E-state index is 0.0505. The molecule has 0 radical (unpaired) electrons. The zero-order valence-electron chi connectivity index (χ0n) is 75.3. The van der Waals surface area contributed by atoms with E-state index in [0.29, 0.717) is 0 Å². The molecule has 39 aliphatic heterocycles. The molecule has 43 rings (SSSR count). The largest absolute Gasteiger partial charge is 0.396 e. The van der Waals surface area contributed by atoms with E-state index in [0.717, 1.165) is 0 Å². The van der Waals surface area contributed by atoms with E-state index < -0.39 is 471 Å². The van der Waals surface area contributed by atoms with E-state index in [1.54, 1.807) is 0 Å². The third-order valence-corrected chi connectivity index (χ3v) is 29.4. The first-order chi connectivity index (χ1) is 67.2. The molecule has 0 aromatic heterocycles. The molecule has 0 amide bonds. The number of rotatable bonds is 13. The van der Waals surface area contributed by atoms with Crippen molar-refractivity contribution in [3.8, 4) is 0 Å². The highest BCUT2D eigenvalue weighted by Crippen LogP contribution is 2.46. The summed E-state index contributed by atoms with van der Waals surface area (Å²) < 4.78 is 127. The Morgan fingerprint density at radius 2 is 0.277 bits per heavy atom. The van der Waals surface area contributed by atoms with E-state index in [-0.39, 0.29) is 38.5 Å². The van der Waals surface area contributed by atoms with Crippen molar-refractivity contribution in [3.63, 3.8) is 0 Å². The van der Waals surface area contributed by atoms with Crippen molar-refractivity contribution in [3.05, 3.63) is 0 Å². The van der Waals surface area contributed by atoms with Gasteiger partial charge in [-0.25, -0.2) is 0 Å². The lowest BCUT2D eigenvalue weighted by molar-refractivity contribution is -0.404. The van der Waals surface area contributed by atoms with E-state index in [2.05, 4.69) is 0 Å². The normalized spacial score (nSPS) is 54.9. The average molecular weight is 2070 g/mol. The van der Waals surface area contributed by atoms with Gasteiger partial charge in [-0.2, -0.15) is 0 Å². The van der Waals surface area contributed by atoms with Crippen molar-refractivity contribution >= 4 is 0 Å². The predicted octanol–water partition coefficient (Wildman–Crippen LogP) is -23.6. The van der Waals surface area contributed by atoms with Crippen LogP contribution in [0.1, 0.15) is 38.5 Å². The van der Waals surface area contributed by atoms with Gasteiger partial charge in [-0.05, 0) is 25.7 Å². The Morgan fingerprint density at radius 1 is 0.121 bits per heavy atom. The van der Waals surface area contributed by atoms with E-state index in [1.807, 2.05) is 0 Å². The summed E-state index contributed by atoms with van der Waals surface area (Å²) in [6.07, 6.45) is -107. The first kappa shape index (κ1) is 114. The van der Waals surface area contributed by atoms with Gasteiger partial charge in [-0.3, -0.25) is 0 Å². The van der Waals surface area contributed by atoms with Crippen molar-refractivity contribution in [2.75, 3.05) is 85.9 Å². The van der Waals surface area contributed by atoms with E-state index in [9.17, 15) is 189 Å². The molecule has 39 saturated heterocycles. The van der Waals surface area contributed by atoms with Gasteiger partial charge in [0.25, 0.3) is 0 Å². The van der Waals surface area contributed by atoms with Crippen LogP contribution in [-0.2, 0) is 104 Å². The molecule has 43 aliphatic rings. The molecule has 141 heavy (non-hydrogen) atoms. The van der Waals surface area contributed by atoms with Crippen LogP contribution < -0.4 is 0 Å². The molecule has 4 aliphatic carbocycles. The zero-order valence-corrected chi connectivity index (χ0v) is 75.3. The second-order valence-corrected chi connectivity index (χ2v) is 38.3. The molecule has 820 valence electrons. The highest BCUT2D eigenvalue weighted by Gasteiger charge is 2.64. The molecule has 0 aromatic rings. The molecule has 0 aromatic carbocycles. The van der Waals surface area contributed by atoms with Crippen molar-refractivity contribution in [1.82, 2.24) is 0 Å². The maximum atomic E-state index is 11.5. The van der Waals surface area contributed by atoms with Crippen molar-refractivity contribution in [2.45, 2.75) is 400 Å². The molecule has 4 saturated carbocycles. The van der Waals surface area contributed by atoms with E-state index in [4.69, 9.17) is 104 Å². The fourth-order valence-electron chi connectivity index (χ4n) is 21.2. The van der Waals surface area contributed by atoms with Crippen molar-refractivity contribution in [2.24, 2.45) is 23.7 Å². The summed E-state index contributed by atoms with van der Waals surface area (Å²) >= 11 is 0. The van der Waals surface area contributed by atoms with Crippen molar-refractivity contribution < 1.29 is 293 Å². The standard InChI is InChI=1S/C46H78O29.C36H60O30/c47-7-14-2-23-19(55)5-20(14)66-22-1-15(8-48)21(6-18(22)54)70-44-36(63)33(60)41(26(11-51)71-44)69-25-4-17(10-50)40(32(59)30(25)57)74-45-38(65)35(62)43(28(13-53)73-45)75-46-37(64)34(61)42(27(12-52)72-46)68-24-3-16(9-49)39(67-23)31(58)29(24)56;37-1-7-25-13(43)19(49)31(55-7)62-26-8(2-38)57-33(21(51)15(26)45)64-28-10(4-40)59-35(23(53)17(28)47)66-30-12(6-42)60-36(24(54)18(30)48)65-29-11(5-41)58-34(22(52)16(29)46)63-27-9(3-39)56-32(61-25)20(50)14(27)44/h14-65H,1-13H2;7-54H,1-6H2/t14-,15-,16-,17-,18-,19-,20+,21+,22?,23?,24?,25?,26-,27-,28-,29+,30+,31-,32-,33-,34-,35-,36-,37-,38-,39-,40-,41-,42-,43?,44?,45?,46?;7-,8-,9-,10-,11-,12-,13-,14-,15-,16-,17-,18?,19-,20-,21-,22-,23-,24-,25?,26?,27?,28-,29?,30?,31?,32?,33?,34?,35?,36?/m11/s1. The quantitative estimate of drug-likeness (QED) is 0.0814. The molecule has 20 unspecified atom stereocenters. The zero-order chi connectivity index (χ0) is 102. The fourth-order valence-corrected chi connectivity index (χ4v) is 21.2. The van der Waals surface area contributed by atoms with Gasteiger partial charge in [-0.15, -0.1) is 0 Å². The van der Waals surface area contributed by atoms with Crippen LogP contribution in [-0.4, -0.2) is 637 Å². The molecule has 39 heterocycles. The van der Waals surface area contributed by atoms with Crippen LogP contribution in [0, 0.1) is 23.7 Å². The average Bonchev–Trinajstić information content (AvgIpc) is 0.899. The Bertz CT molecular complexity index is 3440. The van der Waals surface area contributed by atoms with E-state index >= 15 is 0 Å². The monoisotopic (exact) mass is 2070 g/mol. The molecule has 59 heteroatoms. The predicted molar refractivity (Wildman–Crippen MR) is 434 cm³/mol. The van der Waals surface area contributed by atoms with Crippen LogP contribution >= 0.6 is 0 Å². The molecule has 26 bridgehead atoms. The van der Waals surface area contributed by atoms with E-state index in [1.165, 1.54) is 0 Å². The minimum Gasteiger partial charge on any atom is -0.396 e. The Morgan fingerprint density at radius 3 is 0.482 bits per heavy atom. The molecular formula is C82H138O59. The molecule has 43 fully saturated rings. The van der Waals surface area contributed by atoms with Crippen LogP contribution in [0.3, 0.4) is 0 Å². The van der Waals surface area contributed by atoms with Crippen LogP contribution in [0.25, 0.3) is 0 Å². The highest BCUT2D eigenvalue weighted by atomic mass is 16.8. The summed E-state index contributed by atoms with van der Waals surface area (Å²) in [5, 5.41) is 406. The summed E-state index contributed by atoms with van der Waals surface area (Å²) in [5.41, 5.74) is 0. The highest BCUT2D eigenvalue weighted by molar-refractivity contribution is 5.07. The van der Waals surface area contributed by atoms with Gasteiger partial charge in [0.05, 0.1) is 121 Å². The van der Waals surface area contributed by atoms with Crippen molar-refractivity contribution in [1.29, 1.82) is 0 Å². The van der Waals surface area contributed by atoms with Gasteiger partial charge in [0.2, 0.25) is 0 Å². The van der Waals surface area contributed by atoms with Crippen LogP contribution in [0.2, 0.25) is 0 Å². The summed E-state index contributed by atoms with van der Waals surface area (Å²) in [6, 6.07) is 0. The number of hydrogen-bond acceptors (Lipinski definition) is 59. The van der Waals surface area contributed by atoms with Gasteiger partial charge >= 0.3 is 0 Å². The summed E-state index contributed by atoms with van der Waals surface area (Å²) in [6.45, 7) is -11.2. The lowest BCUT2D eigenvalue weighted by Crippen LogP contribution is -2.69. The second-order valence-electron chi connectivity index (χ2n) is 38.3. The van der Waals surface area contributed by atoms with Crippen LogP contribution in [0.5, 0.6) is 0 Å². The Labute approximate surface area is 800 Å². The first-order valence-electron chi connectivity index (χ1n) is 46.9. The van der Waals surface area contributed by atoms with Gasteiger partial charge in [0, 0.05) is 62.9 Å². The second kappa shape index (κ2) is 49.6. The molecular weight excluding hydrogens is 1930 g/mol. The maximum Gasteiger partial charge on any atom is 0.187 e. The lowest BCUT2D eigenvalue weighted by Gasteiger charge is -2.50. The Hall–Kier alpha value is -2.36. The molecule has 37 N–H and O–H groups in total. The van der Waals surface area contributed by atoms with Crippen LogP contribution in [0.4, 0.5) is 0 Å². The van der Waals surface area contributed by atoms with Gasteiger partial charge in [0.1, 0.15) is 244 Å². The molecule has 63 atom stereocenters. The Balaban J connectivity index is 0.000000226. The SMILES string of the molecule is OC[C@H]1CC2O[C@H]3[C@H](O)[C@@H](O)C(OC4[C@@H](CO)OC(O[C@@H]5[C@@H](CO)CC(O[C@H]6[C@H](O)[C@@H](O)C(O[C@H]7C[C@@H](O)C(C[C@@H]7CO)O[C@H]7C[C@@H](O)C(C[C@@H]7CO)O[C@H]1[C@H](O)[C@H]2O)O[C@@H]6CO)[C@H](O)[C@H]5O)[C@H](O)[C@H]4O)O[C@@H]3CO.OC[C@H]1OC2OC3[C@@H](CO)OC(OC4[C@@H](CO)OC(OC5[C@@H](CO)OC(OC6[C@@H](CO)OC(O[C@H]7[C@H](O)[C@@H](O)C(OC1C(O)[C@H]2O)O[C@@H]7CO)[C@H](O)[C@H]6O)[C@H](O)[C@H]5O)[C@H](O)[C@H]4O)[C@H](O)[C@H]3O. The molecule has 0 spiro atoms. The Kier molecular flexibility index (Phi) is 40.2. The minimum atomic E-state index is -2.15. The third kappa shape index (κ3) is 23.6. The number of aliphatic hydroxyl groups excluding tert-OH is 37. The van der Waals surface area contributed by atoms with Crippen LogP contribution in [0.15, 0.2) is 0 Å². The topological polar surface area (TPSA) is 952 Å².